The molecule has 0 saturated carbocycles. The summed E-state index contributed by atoms with van der Waals surface area (Å²) in [4.78, 5) is 11.1. The highest BCUT2D eigenvalue weighted by molar-refractivity contribution is 5.91. The van der Waals surface area contributed by atoms with E-state index in [1.165, 1.54) is 0 Å². The average Bonchev–Trinajstić information content (AvgIpc) is 2.40. The van der Waals surface area contributed by atoms with E-state index in [2.05, 4.69) is 10.6 Å². The van der Waals surface area contributed by atoms with E-state index < -0.39 is 12.5 Å². The standard InChI is InChI=1S/C13H18N2O3/c16-8-13(17)15-11-4-1-3-10(7-11)14-12-5-2-6-18-9-12/h1,3-4,7,12,14,16H,2,5-6,8-9H2,(H,15,17). The number of carbonyl (C=O) groups excluding carboxylic acids is 1. The average molecular weight is 250 g/mol. The van der Waals surface area contributed by atoms with Crippen molar-refractivity contribution in [2.24, 2.45) is 0 Å². The van der Waals surface area contributed by atoms with Crippen LogP contribution < -0.4 is 10.6 Å². The SMILES string of the molecule is O=C(CO)Nc1cccc(NC2CCCOC2)c1. The zero-order valence-electron chi connectivity index (χ0n) is 10.2. The van der Waals surface area contributed by atoms with Gasteiger partial charge in [0, 0.05) is 24.0 Å². The molecule has 98 valence electrons. The summed E-state index contributed by atoms with van der Waals surface area (Å²) in [5.41, 5.74) is 1.62. The van der Waals surface area contributed by atoms with Crippen LogP contribution in [0.1, 0.15) is 12.8 Å². The van der Waals surface area contributed by atoms with Crippen molar-refractivity contribution < 1.29 is 14.6 Å². The molecular weight excluding hydrogens is 232 g/mol. The van der Waals surface area contributed by atoms with Gasteiger partial charge in [-0.25, -0.2) is 0 Å². The van der Waals surface area contributed by atoms with Gasteiger partial charge in [0.05, 0.1) is 6.61 Å². The number of rotatable bonds is 4. The lowest BCUT2D eigenvalue weighted by Gasteiger charge is -2.24. The molecule has 0 aliphatic carbocycles. The van der Waals surface area contributed by atoms with E-state index in [-0.39, 0.29) is 0 Å². The predicted molar refractivity (Wildman–Crippen MR) is 69.6 cm³/mol. The second kappa shape index (κ2) is 6.37. The Hall–Kier alpha value is -1.59. The van der Waals surface area contributed by atoms with Gasteiger partial charge < -0.3 is 20.5 Å². The minimum atomic E-state index is -0.506. The summed E-state index contributed by atoms with van der Waals surface area (Å²) in [6.45, 7) is 1.05. The summed E-state index contributed by atoms with van der Waals surface area (Å²) in [6.07, 6.45) is 2.16. The largest absolute Gasteiger partial charge is 0.387 e. The molecule has 0 bridgehead atoms. The van der Waals surface area contributed by atoms with Gasteiger partial charge in [-0.1, -0.05) is 6.07 Å². The van der Waals surface area contributed by atoms with E-state index >= 15 is 0 Å². The lowest BCUT2D eigenvalue weighted by atomic mass is 10.1. The Kier molecular flexibility index (Phi) is 4.55. The van der Waals surface area contributed by atoms with Crippen LogP contribution >= 0.6 is 0 Å². The molecule has 5 nitrogen and oxygen atoms in total. The Labute approximate surface area is 106 Å². The number of nitrogens with one attached hydrogen (secondary N) is 2. The van der Waals surface area contributed by atoms with E-state index in [1.807, 2.05) is 18.2 Å². The predicted octanol–water partition coefficient (Wildman–Crippen LogP) is 1.21. The van der Waals surface area contributed by atoms with Crippen molar-refractivity contribution >= 4 is 17.3 Å². The summed E-state index contributed by atoms with van der Waals surface area (Å²) >= 11 is 0. The third kappa shape index (κ3) is 3.72. The maximum Gasteiger partial charge on any atom is 0.250 e. The Balaban J connectivity index is 1.95. The van der Waals surface area contributed by atoms with Crippen LogP contribution in [0.2, 0.25) is 0 Å². The molecule has 2 rings (SSSR count). The number of anilines is 2. The normalized spacial score (nSPS) is 19.3. The van der Waals surface area contributed by atoms with Crippen molar-refractivity contribution in [3.63, 3.8) is 0 Å². The zero-order valence-corrected chi connectivity index (χ0v) is 10.2. The quantitative estimate of drug-likeness (QED) is 0.751. The number of hydrogen-bond acceptors (Lipinski definition) is 4. The molecule has 1 amide bonds. The summed E-state index contributed by atoms with van der Waals surface area (Å²) in [7, 11) is 0. The molecule has 1 atom stereocenters. The van der Waals surface area contributed by atoms with Crippen molar-refractivity contribution in [2.45, 2.75) is 18.9 Å². The smallest absolute Gasteiger partial charge is 0.250 e. The Morgan fingerprint density at radius 3 is 3.00 bits per heavy atom. The number of benzene rings is 1. The van der Waals surface area contributed by atoms with Crippen LogP contribution in [-0.4, -0.2) is 36.9 Å². The molecule has 0 radical (unpaired) electrons. The first-order valence-electron chi connectivity index (χ1n) is 6.13. The summed E-state index contributed by atoms with van der Waals surface area (Å²) in [6, 6.07) is 7.77. The van der Waals surface area contributed by atoms with Crippen molar-refractivity contribution in [1.82, 2.24) is 0 Å². The van der Waals surface area contributed by atoms with Crippen LogP contribution in [0.15, 0.2) is 24.3 Å². The molecule has 3 N–H and O–H groups in total. The highest BCUT2D eigenvalue weighted by atomic mass is 16.5. The summed E-state index contributed by atoms with van der Waals surface area (Å²) in [5.74, 6) is -0.409. The molecule has 1 aliphatic heterocycles. The first-order valence-corrected chi connectivity index (χ1v) is 6.13. The molecule has 5 heteroatoms. The fourth-order valence-electron chi connectivity index (χ4n) is 1.98. The Morgan fingerprint density at radius 2 is 2.28 bits per heavy atom. The lowest BCUT2D eigenvalue weighted by molar-refractivity contribution is -0.118. The molecule has 1 unspecified atom stereocenters. The Bertz CT molecular complexity index is 403. The van der Waals surface area contributed by atoms with Gasteiger partial charge in [-0.15, -0.1) is 0 Å². The van der Waals surface area contributed by atoms with Gasteiger partial charge in [0.15, 0.2) is 0 Å². The van der Waals surface area contributed by atoms with Gasteiger partial charge in [0.25, 0.3) is 0 Å². The van der Waals surface area contributed by atoms with E-state index in [0.717, 1.165) is 25.1 Å². The van der Waals surface area contributed by atoms with Crippen molar-refractivity contribution in [2.75, 3.05) is 30.5 Å². The van der Waals surface area contributed by atoms with E-state index in [9.17, 15) is 4.79 Å². The monoisotopic (exact) mass is 250 g/mol. The minimum absolute atomic E-state index is 0.322. The summed E-state index contributed by atoms with van der Waals surface area (Å²) in [5, 5.41) is 14.7. The minimum Gasteiger partial charge on any atom is -0.387 e. The topological polar surface area (TPSA) is 70.6 Å². The highest BCUT2D eigenvalue weighted by Gasteiger charge is 2.13. The number of aliphatic hydroxyl groups is 1. The van der Waals surface area contributed by atoms with E-state index in [4.69, 9.17) is 9.84 Å². The molecule has 1 aliphatic rings. The van der Waals surface area contributed by atoms with Crippen LogP contribution in [-0.2, 0) is 9.53 Å². The Morgan fingerprint density at radius 1 is 1.44 bits per heavy atom. The molecule has 18 heavy (non-hydrogen) atoms. The zero-order chi connectivity index (χ0) is 12.8. The number of carbonyl (C=O) groups is 1. The molecule has 0 aromatic heterocycles. The highest BCUT2D eigenvalue weighted by Crippen LogP contribution is 2.18. The maximum atomic E-state index is 11.1. The third-order valence-electron chi connectivity index (χ3n) is 2.82. The maximum absolute atomic E-state index is 11.1. The summed E-state index contributed by atoms with van der Waals surface area (Å²) < 4.78 is 5.40. The number of amides is 1. The van der Waals surface area contributed by atoms with Gasteiger partial charge >= 0.3 is 0 Å². The fraction of sp³-hybridized carbons (Fsp3) is 0.462. The molecule has 1 aromatic rings. The first-order chi connectivity index (χ1) is 8.78. The van der Waals surface area contributed by atoms with Crippen LogP contribution in [0.4, 0.5) is 11.4 Å². The molecule has 1 heterocycles. The number of ether oxygens (including phenoxy) is 1. The van der Waals surface area contributed by atoms with Crippen LogP contribution in [0, 0.1) is 0 Å². The lowest BCUT2D eigenvalue weighted by Crippen LogP contribution is -2.29. The third-order valence-corrected chi connectivity index (χ3v) is 2.82. The molecule has 1 fully saturated rings. The first kappa shape index (κ1) is 12.9. The van der Waals surface area contributed by atoms with Crippen molar-refractivity contribution in [3.05, 3.63) is 24.3 Å². The van der Waals surface area contributed by atoms with E-state index in [1.54, 1.807) is 6.07 Å². The molecule has 1 aromatic carbocycles. The van der Waals surface area contributed by atoms with Gasteiger partial charge in [0.1, 0.15) is 6.61 Å². The fourth-order valence-corrected chi connectivity index (χ4v) is 1.98. The van der Waals surface area contributed by atoms with Crippen molar-refractivity contribution in [1.29, 1.82) is 0 Å². The second-order valence-electron chi connectivity index (χ2n) is 4.35. The number of hydrogen-bond donors (Lipinski definition) is 3. The number of aliphatic hydroxyl groups excluding tert-OH is 1. The molecule has 0 spiro atoms. The second-order valence-corrected chi connectivity index (χ2v) is 4.35. The van der Waals surface area contributed by atoms with Crippen molar-refractivity contribution in [3.8, 4) is 0 Å². The van der Waals surface area contributed by atoms with Gasteiger partial charge in [-0.3, -0.25) is 4.79 Å². The van der Waals surface area contributed by atoms with Gasteiger partial charge in [-0.2, -0.15) is 0 Å². The van der Waals surface area contributed by atoms with Crippen LogP contribution in [0.3, 0.4) is 0 Å². The molecule has 1 saturated heterocycles. The van der Waals surface area contributed by atoms with Crippen LogP contribution in [0.5, 0.6) is 0 Å². The van der Waals surface area contributed by atoms with Gasteiger partial charge in [0.2, 0.25) is 5.91 Å². The molecular formula is C13H18N2O3. The van der Waals surface area contributed by atoms with E-state index in [0.29, 0.717) is 18.3 Å². The van der Waals surface area contributed by atoms with Crippen LogP contribution in [0.25, 0.3) is 0 Å². The van der Waals surface area contributed by atoms with Gasteiger partial charge in [-0.05, 0) is 31.0 Å².